The number of rotatable bonds is 4. The molecule has 0 aliphatic heterocycles. The van der Waals surface area contributed by atoms with E-state index in [1.165, 1.54) is 27.8 Å². The maximum absolute atomic E-state index is 3.36. The Bertz CT molecular complexity index is 1020. The molecular formula is C30H49Cl3Si3Ti-. The van der Waals surface area contributed by atoms with Gasteiger partial charge in [0, 0.05) is 21.7 Å². The second-order valence-electron chi connectivity index (χ2n) is 12.1. The SMILES string of the molecule is CC1=[C-]C(C)C(C)=C1C.Cc1cc([Si](C)c2cc(C)cc([Si](C)(C)C)c2)cc([Si](C)(C)C)c1.Cl.Cl.Cl.[Ti]. The van der Waals surface area contributed by atoms with E-state index in [0.29, 0.717) is 5.92 Å². The fourth-order valence-corrected chi connectivity index (χ4v) is 8.95. The normalized spacial score (nSPS) is 14.9. The minimum absolute atomic E-state index is 0. The Morgan fingerprint density at radius 1 is 0.649 bits per heavy atom. The maximum Gasteiger partial charge on any atom is 0.118 e. The molecule has 207 valence electrons. The van der Waals surface area contributed by atoms with Crippen molar-refractivity contribution >= 4 is 82.9 Å². The van der Waals surface area contributed by atoms with Crippen LogP contribution in [-0.4, -0.2) is 24.9 Å². The third-order valence-electron chi connectivity index (χ3n) is 6.99. The average molecular weight is 648 g/mol. The first-order valence-corrected chi connectivity index (χ1v) is 21.4. The molecule has 1 unspecified atom stereocenters. The largest absolute Gasteiger partial charge is 0.266 e. The molecule has 2 aromatic carbocycles. The smallest absolute Gasteiger partial charge is 0.118 e. The summed E-state index contributed by atoms with van der Waals surface area (Å²) in [5.41, 5.74) is 7.09. The van der Waals surface area contributed by atoms with Crippen molar-refractivity contribution in [2.24, 2.45) is 5.92 Å². The Labute approximate surface area is 266 Å². The third kappa shape index (κ3) is 11.7. The van der Waals surface area contributed by atoms with Crippen LogP contribution in [0.15, 0.2) is 53.1 Å². The summed E-state index contributed by atoms with van der Waals surface area (Å²) in [6.45, 7) is 30.3. The first kappa shape index (κ1) is 41.6. The standard InChI is InChI=1S/C21H33Si3.C9H13.3ClH.Ti/c1-16-10-18(14-20(12-16)23(4,5)6)22(3)19-11-17(2)13-21(15-19)24(7,8)9;1-6-5-7(2)9(4)8(6)3;;;;/h10-15H,1-9H3;6H,1-4H3;3*1H;/q;-1;;;;. The number of hydrogen-bond acceptors (Lipinski definition) is 0. The fraction of sp³-hybridized carbons (Fsp3) is 0.467. The Morgan fingerprint density at radius 3 is 1.22 bits per heavy atom. The van der Waals surface area contributed by atoms with Gasteiger partial charge < -0.3 is 0 Å². The molecule has 1 radical (unpaired) electrons. The molecule has 1 aliphatic carbocycles. The number of aryl methyl sites for hydroxylation is 2. The summed E-state index contributed by atoms with van der Waals surface area (Å²) in [6.07, 6.45) is 3.36. The zero-order valence-corrected chi connectivity index (χ0v) is 32.3. The molecule has 0 nitrogen and oxygen atoms in total. The van der Waals surface area contributed by atoms with Crippen molar-refractivity contribution in [2.45, 2.75) is 87.4 Å². The van der Waals surface area contributed by atoms with Crippen molar-refractivity contribution in [1.82, 2.24) is 0 Å². The first-order chi connectivity index (χ1) is 15.0. The van der Waals surface area contributed by atoms with Gasteiger partial charge in [-0.05, 0) is 13.8 Å². The average Bonchev–Trinajstić information content (AvgIpc) is 2.91. The molecule has 1 atom stereocenters. The number of allylic oxidation sites excluding steroid dienone is 4. The zero-order valence-electron chi connectivity index (χ0n) is 25.3. The quantitative estimate of drug-likeness (QED) is 0.237. The molecule has 0 spiro atoms. The second kappa shape index (κ2) is 16.4. The van der Waals surface area contributed by atoms with Gasteiger partial charge in [0.15, 0.2) is 0 Å². The van der Waals surface area contributed by atoms with Gasteiger partial charge in [0.25, 0.3) is 0 Å². The van der Waals surface area contributed by atoms with E-state index in [-0.39, 0.29) is 58.9 Å². The van der Waals surface area contributed by atoms with E-state index in [9.17, 15) is 0 Å². The Hall–Kier alpha value is 0.155. The van der Waals surface area contributed by atoms with Crippen molar-refractivity contribution in [2.75, 3.05) is 0 Å². The predicted octanol–water partition coefficient (Wildman–Crippen LogP) is 7.62. The fourth-order valence-electron chi connectivity index (χ4n) is 4.19. The van der Waals surface area contributed by atoms with Crippen molar-refractivity contribution in [1.29, 1.82) is 0 Å². The summed E-state index contributed by atoms with van der Waals surface area (Å²) in [5, 5.41) is 6.34. The van der Waals surface area contributed by atoms with Crippen LogP contribution < -0.4 is 20.7 Å². The Morgan fingerprint density at radius 2 is 1.00 bits per heavy atom. The van der Waals surface area contributed by atoms with Gasteiger partial charge in [0.05, 0.1) is 16.1 Å². The van der Waals surface area contributed by atoms with E-state index in [1.807, 2.05) is 0 Å². The van der Waals surface area contributed by atoms with Gasteiger partial charge in [-0.25, -0.2) is 5.57 Å². The van der Waals surface area contributed by atoms with E-state index in [2.05, 4.69) is 130 Å². The molecule has 7 heteroatoms. The number of hydrogen-bond donors (Lipinski definition) is 0. The van der Waals surface area contributed by atoms with Crippen LogP contribution in [0, 0.1) is 25.8 Å². The molecule has 37 heavy (non-hydrogen) atoms. The van der Waals surface area contributed by atoms with Crippen LogP contribution in [0.25, 0.3) is 0 Å². The van der Waals surface area contributed by atoms with E-state index >= 15 is 0 Å². The summed E-state index contributed by atoms with van der Waals surface area (Å²) in [7, 11) is -3.25. The van der Waals surface area contributed by atoms with E-state index in [0.717, 1.165) is 0 Å². The zero-order chi connectivity index (χ0) is 25.3. The van der Waals surface area contributed by atoms with Gasteiger partial charge in [0.2, 0.25) is 0 Å². The van der Waals surface area contributed by atoms with Crippen LogP contribution in [0.1, 0.15) is 38.8 Å². The maximum atomic E-state index is 3.36. The molecule has 0 fully saturated rings. The van der Waals surface area contributed by atoms with Gasteiger partial charge in [-0.3, -0.25) is 6.08 Å². The summed E-state index contributed by atoms with van der Waals surface area (Å²) < 4.78 is 0. The molecule has 2 aromatic rings. The molecule has 0 aromatic heterocycles. The second-order valence-corrected chi connectivity index (χ2v) is 24.7. The molecule has 0 saturated heterocycles. The van der Waals surface area contributed by atoms with Crippen LogP contribution in [0.3, 0.4) is 0 Å². The van der Waals surface area contributed by atoms with Crippen LogP contribution in [-0.2, 0) is 21.7 Å². The molecule has 0 bridgehead atoms. The third-order valence-corrected chi connectivity index (χ3v) is 13.3. The minimum atomic E-state index is -1.27. The van der Waals surface area contributed by atoms with Gasteiger partial charge in [0.1, 0.15) is 8.80 Å². The van der Waals surface area contributed by atoms with Crippen LogP contribution in [0.5, 0.6) is 0 Å². The van der Waals surface area contributed by atoms with Crippen LogP contribution in [0.4, 0.5) is 0 Å². The van der Waals surface area contributed by atoms with Crippen molar-refractivity contribution in [3.8, 4) is 0 Å². The number of benzene rings is 2. The van der Waals surface area contributed by atoms with Gasteiger partial charge >= 0.3 is 0 Å². The van der Waals surface area contributed by atoms with E-state index in [1.54, 1.807) is 20.7 Å². The van der Waals surface area contributed by atoms with Crippen LogP contribution >= 0.6 is 37.2 Å². The monoisotopic (exact) mass is 646 g/mol. The van der Waals surface area contributed by atoms with E-state index in [4.69, 9.17) is 0 Å². The first-order valence-electron chi connectivity index (χ1n) is 12.4. The van der Waals surface area contributed by atoms with E-state index < -0.39 is 24.9 Å². The number of halogens is 3. The van der Waals surface area contributed by atoms with Crippen molar-refractivity contribution in [3.63, 3.8) is 0 Å². The molecule has 1 aliphatic rings. The van der Waals surface area contributed by atoms with Gasteiger partial charge in [-0.1, -0.05) is 141 Å². The van der Waals surface area contributed by atoms with Crippen LogP contribution in [0.2, 0.25) is 45.8 Å². The molecule has 0 heterocycles. The summed E-state index contributed by atoms with van der Waals surface area (Å²) in [4.78, 5) is 0. The van der Waals surface area contributed by atoms with Crippen molar-refractivity contribution in [3.05, 3.63) is 70.3 Å². The predicted molar refractivity (Wildman–Crippen MR) is 181 cm³/mol. The Balaban J connectivity index is -0.000000763. The molecule has 0 saturated carbocycles. The summed E-state index contributed by atoms with van der Waals surface area (Å²) in [5.74, 6) is 0.560. The van der Waals surface area contributed by atoms with Crippen molar-refractivity contribution < 1.29 is 21.7 Å². The topological polar surface area (TPSA) is 0 Å². The summed E-state index contributed by atoms with van der Waals surface area (Å²) in [6, 6.07) is 14.7. The molecule has 0 amide bonds. The molecule has 0 N–H and O–H groups in total. The Kier molecular flexibility index (Phi) is 18.5. The molecular weight excluding hydrogens is 599 g/mol. The summed E-state index contributed by atoms with van der Waals surface area (Å²) >= 11 is 0. The van der Waals surface area contributed by atoms with Gasteiger partial charge in [-0.2, -0.15) is 11.1 Å². The minimum Gasteiger partial charge on any atom is -0.266 e. The van der Waals surface area contributed by atoms with Gasteiger partial charge in [-0.15, -0.1) is 44.1 Å². The molecule has 3 rings (SSSR count).